The first-order valence-corrected chi connectivity index (χ1v) is 10.0. The van der Waals surface area contributed by atoms with E-state index in [4.69, 9.17) is 27.1 Å². The second kappa shape index (κ2) is 6.90. The first-order chi connectivity index (χ1) is 12.1. The van der Waals surface area contributed by atoms with E-state index >= 15 is 0 Å². The molecule has 135 valence electrons. The molecule has 1 aliphatic carbocycles. The van der Waals surface area contributed by atoms with Crippen molar-refractivity contribution in [2.75, 3.05) is 6.54 Å². The Bertz CT molecular complexity index is 634. The molecule has 2 atom stereocenters. The van der Waals surface area contributed by atoms with Gasteiger partial charge in [0.05, 0.1) is 0 Å². The van der Waals surface area contributed by atoms with E-state index in [1.807, 2.05) is 24.3 Å². The predicted molar refractivity (Wildman–Crippen MR) is 100 cm³/mol. The van der Waals surface area contributed by atoms with Crippen molar-refractivity contribution in [1.29, 1.82) is 5.41 Å². The van der Waals surface area contributed by atoms with E-state index in [2.05, 4.69) is 5.32 Å². The highest BCUT2D eigenvalue weighted by atomic mass is 35.5. The van der Waals surface area contributed by atoms with Gasteiger partial charge in [0.25, 0.3) is 0 Å². The Hall–Kier alpha value is -1.10. The maximum absolute atomic E-state index is 8.59. The molecule has 4 nitrogen and oxygen atoms in total. The normalized spacial score (nSPS) is 32.4. The summed E-state index contributed by atoms with van der Waals surface area (Å²) >= 11 is 6.16. The van der Waals surface area contributed by atoms with Gasteiger partial charge in [-0.05, 0) is 49.8 Å². The third-order valence-corrected chi connectivity index (χ3v) is 6.37. The molecule has 2 saturated heterocycles. The molecule has 5 heteroatoms. The van der Waals surface area contributed by atoms with Crippen LogP contribution in [0.4, 0.5) is 0 Å². The van der Waals surface area contributed by atoms with Crippen molar-refractivity contribution in [1.82, 2.24) is 10.6 Å². The van der Waals surface area contributed by atoms with Crippen LogP contribution in [0.15, 0.2) is 24.3 Å². The number of morpholine rings is 1. The maximum atomic E-state index is 8.59. The van der Waals surface area contributed by atoms with Gasteiger partial charge in [-0.2, -0.15) is 5.32 Å². The Morgan fingerprint density at radius 1 is 1.08 bits per heavy atom. The minimum atomic E-state index is -0.357. The molecule has 4 rings (SSSR count). The number of rotatable bonds is 1. The molecule has 2 N–H and O–H groups in total. The van der Waals surface area contributed by atoms with Gasteiger partial charge in [-0.25, -0.2) is 0 Å². The number of nitrogens with one attached hydrogen (secondary N) is 2. The van der Waals surface area contributed by atoms with E-state index in [1.165, 1.54) is 25.7 Å². The Balaban J connectivity index is 1.64. The summed E-state index contributed by atoms with van der Waals surface area (Å²) in [6.07, 6.45) is 10.5. The second-order valence-corrected chi connectivity index (χ2v) is 8.14. The fraction of sp³-hybridized carbons (Fsp3) is 0.650. The summed E-state index contributed by atoms with van der Waals surface area (Å²) in [5, 5.41) is 18.0. The summed E-state index contributed by atoms with van der Waals surface area (Å²) in [6, 6.07) is 7.32. The SMILES string of the molecule is N=C1OC2(CCCCCCCC2)C2(CCN2)[N]C1c1cccc(Cl)c1. The lowest BCUT2D eigenvalue weighted by Crippen LogP contribution is -2.79. The topological polar surface area (TPSA) is 59.2 Å². The number of hydrogen-bond donors (Lipinski definition) is 2. The van der Waals surface area contributed by atoms with Gasteiger partial charge in [-0.3, -0.25) is 10.7 Å². The lowest BCUT2D eigenvalue weighted by atomic mass is 9.71. The van der Waals surface area contributed by atoms with Gasteiger partial charge in [0, 0.05) is 11.6 Å². The van der Waals surface area contributed by atoms with Gasteiger partial charge in [0.15, 0.2) is 0 Å². The summed E-state index contributed by atoms with van der Waals surface area (Å²) in [6.45, 7) is 0.976. The molecule has 2 unspecified atom stereocenters. The molecule has 25 heavy (non-hydrogen) atoms. The Labute approximate surface area is 155 Å². The van der Waals surface area contributed by atoms with Crippen molar-refractivity contribution >= 4 is 17.5 Å². The molecule has 0 amide bonds. The lowest BCUT2D eigenvalue weighted by molar-refractivity contribution is -0.132. The molecule has 0 bridgehead atoms. The van der Waals surface area contributed by atoms with Crippen molar-refractivity contribution in [2.45, 2.75) is 75.1 Å². The third-order valence-electron chi connectivity index (χ3n) is 6.14. The van der Waals surface area contributed by atoms with Gasteiger partial charge in [0.2, 0.25) is 5.90 Å². The highest BCUT2D eigenvalue weighted by molar-refractivity contribution is 6.30. The largest absolute Gasteiger partial charge is 0.470 e. The predicted octanol–water partition coefficient (Wildman–Crippen LogP) is 4.56. The first kappa shape index (κ1) is 17.3. The van der Waals surface area contributed by atoms with Crippen molar-refractivity contribution in [2.24, 2.45) is 0 Å². The molecule has 1 radical (unpaired) electrons. The van der Waals surface area contributed by atoms with Crippen LogP contribution in [-0.2, 0) is 4.74 Å². The van der Waals surface area contributed by atoms with Crippen molar-refractivity contribution in [3.05, 3.63) is 34.9 Å². The van der Waals surface area contributed by atoms with Crippen LogP contribution in [0.2, 0.25) is 5.02 Å². The fourth-order valence-electron chi connectivity index (χ4n) is 4.68. The van der Waals surface area contributed by atoms with Crippen molar-refractivity contribution in [3.63, 3.8) is 0 Å². The second-order valence-electron chi connectivity index (χ2n) is 7.71. The van der Waals surface area contributed by atoms with Crippen LogP contribution >= 0.6 is 11.6 Å². The molecular weight excluding hydrogens is 334 g/mol. The smallest absolute Gasteiger partial charge is 0.205 e. The Morgan fingerprint density at radius 2 is 1.76 bits per heavy atom. The molecule has 0 aromatic heterocycles. The summed E-state index contributed by atoms with van der Waals surface area (Å²) in [4.78, 5) is 0. The molecule has 2 aliphatic heterocycles. The highest BCUT2D eigenvalue weighted by Crippen LogP contribution is 2.47. The average molecular weight is 361 g/mol. The van der Waals surface area contributed by atoms with Crippen LogP contribution in [-0.4, -0.2) is 23.7 Å². The summed E-state index contributed by atoms with van der Waals surface area (Å²) in [5.74, 6) is 0.279. The van der Waals surface area contributed by atoms with Gasteiger partial charge in [-0.15, -0.1) is 0 Å². The van der Waals surface area contributed by atoms with Crippen LogP contribution in [0.25, 0.3) is 0 Å². The molecule has 3 aliphatic rings. The number of halogens is 1. The fourth-order valence-corrected chi connectivity index (χ4v) is 4.88. The van der Waals surface area contributed by atoms with Crippen LogP contribution in [0.3, 0.4) is 0 Å². The zero-order valence-corrected chi connectivity index (χ0v) is 15.4. The minimum Gasteiger partial charge on any atom is -0.470 e. The first-order valence-electron chi connectivity index (χ1n) is 9.64. The lowest BCUT2D eigenvalue weighted by Gasteiger charge is -2.59. The van der Waals surface area contributed by atoms with E-state index in [0.717, 1.165) is 44.2 Å². The van der Waals surface area contributed by atoms with Gasteiger partial charge >= 0.3 is 0 Å². The summed E-state index contributed by atoms with van der Waals surface area (Å²) in [7, 11) is 0. The maximum Gasteiger partial charge on any atom is 0.205 e. The van der Waals surface area contributed by atoms with E-state index in [9.17, 15) is 0 Å². The third kappa shape index (κ3) is 3.09. The van der Waals surface area contributed by atoms with Gasteiger partial charge in [-0.1, -0.05) is 49.4 Å². The quantitative estimate of drug-likeness (QED) is 0.771. The Kier molecular flexibility index (Phi) is 4.78. The van der Waals surface area contributed by atoms with Gasteiger partial charge < -0.3 is 4.74 Å². The van der Waals surface area contributed by atoms with Crippen LogP contribution < -0.4 is 10.6 Å². The standard InChI is InChI=1S/C20H27ClN3O/c21-16-9-7-8-15(14-16)17-18(22)25-19(20(24-17)12-13-23-20)10-5-3-1-2-4-6-11-19/h7-9,14,17,22-23H,1-6,10-13H2. The average Bonchev–Trinajstić information content (AvgIpc) is 2.67. The van der Waals surface area contributed by atoms with Crippen LogP contribution in [0.5, 0.6) is 0 Å². The monoisotopic (exact) mass is 360 g/mol. The van der Waals surface area contributed by atoms with E-state index in [0.29, 0.717) is 5.02 Å². The number of benzene rings is 1. The van der Waals surface area contributed by atoms with E-state index in [-0.39, 0.29) is 23.2 Å². The van der Waals surface area contributed by atoms with E-state index < -0.39 is 0 Å². The minimum absolute atomic E-state index is 0.279. The Morgan fingerprint density at radius 3 is 2.36 bits per heavy atom. The molecule has 2 spiro atoms. The molecule has 1 saturated carbocycles. The van der Waals surface area contributed by atoms with Crippen LogP contribution in [0.1, 0.15) is 69.4 Å². The zero-order valence-electron chi connectivity index (χ0n) is 14.7. The molecule has 1 aromatic rings. The zero-order chi connectivity index (χ0) is 17.3. The summed E-state index contributed by atoms with van der Waals surface area (Å²) < 4.78 is 6.45. The number of fused-ring (bicyclic) bond motifs is 1. The summed E-state index contributed by atoms with van der Waals surface area (Å²) in [5.41, 5.74) is 0.264. The van der Waals surface area contributed by atoms with Crippen LogP contribution in [0, 0.1) is 5.41 Å². The van der Waals surface area contributed by atoms with Gasteiger partial charge in [0.1, 0.15) is 17.3 Å². The molecule has 3 fully saturated rings. The van der Waals surface area contributed by atoms with E-state index in [1.54, 1.807) is 0 Å². The molecule has 1 aromatic carbocycles. The number of hydrogen-bond acceptors (Lipinski definition) is 3. The van der Waals surface area contributed by atoms with Crippen molar-refractivity contribution < 1.29 is 4.74 Å². The highest BCUT2D eigenvalue weighted by Gasteiger charge is 2.61. The molecule has 2 heterocycles. The number of ether oxygens (including phenoxy) is 1. The van der Waals surface area contributed by atoms with Crippen molar-refractivity contribution in [3.8, 4) is 0 Å². The number of nitrogens with zero attached hydrogens (tertiary/aromatic N) is 1. The molecular formula is C20H27ClN3O.